The van der Waals surface area contributed by atoms with Crippen LogP contribution in [0.3, 0.4) is 0 Å². The molecule has 0 bridgehead atoms. The van der Waals surface area contributed by atoms with Crippen LogP contribution in [0.2, 0.25) is 0 Å². The number of benzene rings is 1. The van der Waals surface area contributed by atoms with Crippen LogP contribution in [0.4, 0.5) is 0 Å². The van der Waals surface area contributed by atoms with Gasteiger partial charge >= 0.3 is 0 Å². The third-order valence-electron chi connectivity index (χ3n) is 4.94. The Balaban J connectivity index is 1.70. The number of hydrogen-bond acceptors (Lipinski definition) is 3. The van der Waals surface area contributed by atoms with E-state index in [-0.39, 0.29) is 17.5 Å². The summed E-state index contributed by atoms with van der Waals surface area (Å²) in [4.78, 5) is 31.8. The summed E-state index contributed by atoms with van der Waals surface area (Å²) in [5.41, 5.74) is 2.70. The molecule has 1 aliphatic heterocycles. The van der Waals surface area contributed by atoms with Crippen molar-refractivity contribution in [2.24, 2.45) is 0 Å². The summed E-state index contributed by atoms with van der Waals surface area (Å²) in [7, 11) is 0. The van der Waals surface area contributed by atoms with E-state index in [0.29, 0.717) is 24.5 Å². The minimum Gasteiger partial charge on any atom is -0.329 e. The molecule has 26 heavy (non-hydrogen) atoms. The van der Waals surface area contributed by atoms with Crippen LogP contribution in [0.1, 0.15) is 34.7 Å². The highest BCUT2D eigenvalue weighted by molar-refractivity contribution is 5.93. The van der Waals surface area contributed by atoms with Crippen molar-refractivity contribution in [3.8, 4) is 5.69 Å². The van der Waals surface area contributed by atoms with Crippen LogP contribution in [-0.4, -0.2) is 31.5 Å². The maximum absolute atomic E-state index is 13.0. The Morgan fingerprint density at radius 2 is 1.81 bits per heavy atom. The van der Waals surface area contributed by atoms with Crippen LogP contribution in [-0.2, 0) is 6.54 Å². The van der Waals surface area contributed by atoms with E-state index in [9.17, 15) is 9.59 Å². The van der Waals surface area contributed by atoms with Crippen molar-refractivity contribution < 1.29 is 4.79 Å². The molecule has 0 spiro atoms. The summed E-state index contributed by atoms with van der Waals surface area (Å²) in [6, 6.07) is 13.3. The molecule has 6 heteroatoms. The van der Waals surface area contributed by atoms with E-state index in [4.69, 9.17) is 0 Å². The lowest BCUT2D eigenvalue weighted by molar-refractivity contribution is 0.0628. The average Bonchev–Trinajstić information content (AvgIpc) is 3.09. The molecule has 0 fully saturated rings. The normalized spacial score (nSPS) is 15.0. The highest BCUT2D eigenvalue weighted by Gasteiger charge is 2.29. The first-order valence-corrected chi connectivity index (χ1v) is 8.67. The molecule has 1 amide bonds. The summed E-state index contributed by atoms with van der Waals surface area (Å²) in [5, 5.41) is 0. The lowest BCUT2D eigenvalue weighted by atomic mass is 10.1. The molecule has 1 aliphatic rings. The minimum atomic E-state index is -0.166. The van der Waals surface area contributed by atoms with Crippen LogP contribution in [0, 0.1) is 6.92 Å². The van der Waals surface area contributed by atoms with Crippen molar-refractivity contribution in [2.75, 3.05) is 6.54 Å². The maximum Gasteiger partial charge on any atom is 0.275 e. The third kappa shape index (κ3) is 2.63. The van der Waals surface area contributed by atoms with Crippen LogP contribution in [0.25, 0.3) is 5.69 Å². The number of aromatic nitrogens is 3. The third-order valence-corrected chi connectivity index (χ3v) is 4.94. The number of rotatable bonds is 3. The summed E-state index contributed by atoms with van der Waals surface area (Å²) < 4.78 is 3.27. The van der Waals surface area contributed by atoms with E-state index >= 15 is 0 Å². The molecule has 1 unspecified atom stereocenters. The molecule has 0 saturated heterocycles. The van der Waals surface area contributed by atoms with E-state index in [0.717, 1.165) is 11.3 Å². The molecular formula is C20H20N4O2. The van der Waals surface area contributed by atoms with E-state index in [1.54, 1.807) is 33.8 Å². The fourth-order valence-electron chi connectivity index (χ4n) is 3.46. The zero-order chi connectivity index (χ0) is 18.3. The second-order valence-corrected chi connectivity index (χ2v) is 6.57. The van der Waals surface area contributed by atoms with Gasteiger partial charge < -0.3 is 14.0 Å². The van der Waals surface area contributed by atoms with E-state index in [2.05, 4.69) is 4.98 Å². The molecule has 3 aromatic rings. The van der Waals surface area contributed by atoms with Gasteiger partial charge in [0.2, 0.25) is 0 Å². The Kier molecular flexibility index (Phi) is 3.95. The number of amides is 1. The Hall–Kier alpha value is -3.15. The first-order valence-electron chi connectivity index (χ1n) is 8.67. The predicted molar refractivity (Wildman–Crippen MR) is 98.5 cm³/mol. The molecular weight excluding hydrogens is 328 g/mol. The number of nitrogens with zero attached hydrogens (tertiary/aromatic N) is 4. The summed E-state index contributed by atoms with van der Waals surface area (Å²) in [6.07, 6.45) is 3.42. The Morgan fingerprint density at radius 1 is 1.04 bits per heavy atom. The number of imidazole rings is 1. The molecule has 1 aromatic carbocycles. The Bertz CT molecular complexity index is 1020. The van der Waals surface area contributed by atoms with Crippen LogP contribution < -0.4 is 5.56 Å². The smallest absolute Gasteiger partial charge is 0.275 e. The lowest BCUT2D eigenvalue weighted by Gasteiger charge is -2.34. The van der Waals surface area contributed by atoms with Crippen molar-refractivity contribution in [2.45, 2.75) is 26.4 Å². The fraction of sp³-hybridized carbons (Fsp3) is 0.250. The average molecular weight is 348 g/mol. The molecule has 0 saturated carbocycles. The number of aryl methyl sites for hydroxylation is 1. The van der Waals surface area contributed by atoms with Gasteiger partial charge in [-0.3, -0.25) is 9.59 Å². The fourth-order valence-corrected chi connectivity index (χ4v) is 3.46. The van der Waals surface area contributed by atoms with Crippen molar-refractivity contribution in [3.63, 3.8) is 0 Å². The van der Waals surface area contributed by atoms with Gasteiger partial charge in [-0.05, 0) is 31.5 Å². The van der Waals surface area contributed by atoms with Gasteiger partial charge in [-0.15, -0.1) is 0 Å². The zero-order valence-electron chi connectivity index (χ0n) is 14.8. The number of fused-ring (bicyclic) bond motifs is 1. The number of carbonyl (C=O) groups is 1. The summed E-state index contributed by atoms with van der Waals surface area (Å²) in [5.74, 6) is -0.113. The molecule has 0 N–H and O–H groups in total. The van der Waals surface area contributed by atoms with Gasteiger partial charge in [0.15, 0.2) is 0 Å². The minimum absolute atomic E-state index is 0.0384. The highest BCUT2D eigenvalue weighted by Crippen LogP contribution is 2.24. The van der Waals surface area contributed by atoms with Crippen molar-refractivity contribution >= 4 is 5.91 Å². The monoisotopic (exact) mass is 348 g/mol. The largest absolute Gasteiger partial charge is 0.329 e. The van der Waals surface area contributed by atoms with E-state index in [1.165, 1.54) is 0 Å². The van der Waals surface area contributed by atoms with Crippen LogP contribution in [0.5, 0.6) is 0 Å². The highest BCUT2D eigenvalue weighted by atomic mass is 16.2. The summed E-state index contributed by atoms with van der Waals surface area (Å²) >= 11 is 0. The van der Waals surface area contributed by atoms with Crippen molar-refractivity contribution in [1.29, 1.82) is 0 Å². The van der Waals surface area contributed by atoms with Gasteiger partial charge in [-0.2, -0.15) is 0 Å². The first-order chi connectivity index (χ1) is 12.6. The molecule has 6 nitrogen and oxygen atoms in total. The second kappa shape index (κ2) is 6.29. The lowest BCUT2D eigenvalue weighted by Crippen LogP contribution is -2.45. The Labute approximate surface area is 151 Å². The number of carbonyl (C=O) groups excluding carboxylic acids is 1. The molecule has 132 valence electrons. The molecule has 0 aliphatic carbocycles. The van der Waals surface area contributed by atoms with Gasteiger partial charge in [-0.1, -0.05) is 30.3 Å². The Morgan fingerprint density at radius 3 is 2.50 bits per heavy atom. The van der Waals surface area contributed by atoms with Gasteiger partial charge in [0.1, 0.15) is 11.4 Å². The molecule has 4 rings (SSSR count). The SMILES string of the molecule is Cc1cn(-c2ccc3n(c2=O)CCN(C(C)c2ccccc2)C3=O)cn1. The van der Waals surface area contributed by atoms with Crippen LogP contribution >= 0.6 is 0 Å². The zero-order valence-corrected chi connectivity index (χ0v) is 14.8. The van der Waals surface area contributed by atoms with Gasteiger partial charge in [-0.25, -0.2) is 4.98 Å². The quantitative estimate of drug-likeness (QED) is 0.731. The molecule has 1 atom stereocenters. The second-order valence-electron chi connectivity index (χ2n) is 6.57. The van der Waals surface area contributed by atoms with E-state index < -0.39 is 0 Å². The predicted octanol–water partition coefficient (Wildman–Crippen LogP) is 2.56. The topological polar surface area (TPSA) is 60.1 Å². The number of hydrogen-bond donors (Lipinski definition) is 0. The summed E-state index contributed by atoms with van der Waals surface area (Å²) in [6.45, 7) is 4.88. The van der Waals surface area contributed by atoms with Gasteiger partial charge in [0.25, 0.3) is 11.5 Å². The maximum atomic E-state index is 13.0. The van der Waals surface area contributed by atoms with Gasteiger partial charge in [0, 0.05) is 19.3 Å². The number of pyridine rings is 1. The van der Waals surface area contributed by atoms with Crippen molar-refractivity contribution in [3.05, 3.63) is 82.3 Å². The standard InChI is InChI=1S/C20H20N4O2/c1-14-12-22(13-21-14)17-8-9-18-20(26)23(10-11-24(18)19(17)25)15(2)16-6-4-3-5-7-16/h3-9,12-13,15H,10-11H2,1-2H3. The molecule has 2 aromatic heterocycles. The van der Waals surface area contributed by atoms with Crippen molar-refractivity contribution in [1.82, 2.24) is 19.0 Å². The van der Waals surface area contributed by atoms with Gasteiger partial charge in [0.05, 0.1) is 18.1 Å². The first kappa shape index (κ1) is 16.3. The molecule has 0 radical (unpaired) electrons. The van der Waals surface area contributed by atoms with E-state index in [1.807, 2.05) is 49.1 Å². The molecule has 3 heterocycles. The van der Waals surface area contributed by atoms with Crippen LogP contribution in [0.15, 0.2) is 59.8 Å².